The lowest BCUT2D eigenvalue weighted by atomic mass is 9.83. The van der Waals surface area contributed by atoms with Gasteiger partial charge in [-0.2, -0.15) is 0 Å². The second-order valence-electron chi connectivity index (χ2n) is 9.91. The zero-order chi connectivity index (χ0) is 28.5. The Morgan fingerprint density at radius 3 is 1.98 bits per heavy atom. The third kappa shape index (κ3) is 7.32. The van der Waals surface area contributed by atoms with Crippen molar-refractivity contribution in [1.29, 1.82) is 0 Å². The number of rotatable bonds is 11. The molecule has 0 radical (unpaired) electrons. The summed E-state index contributed by atoms with van der Waals surface area (Å²) in [4.78, 5) is 49.9. The fourth-order valence-corrected chi connectivity index (χ4v) is 4.93. The Bertz CT molecular complexity index is 1380. The molecule has 7 nitrogen and oxygen atoms in total. The molecular weight excluding hydrogens is 506 g/mol. The average molecular weight is 540 g/mol. The van der Waals surface area contributed by atoms with Gasteiger partial charge in [-0.3, -0.25) is 19.2 Å². The van der Waals surface area contributed by atoms with E-state index in [0.29, 0.717) is 33.9 Å². The van der Waals surface area contributed by atoms with Gasteiger partial charge in [0, 0.05) is 28.8 Å². The molecule has 4 rings (SSSR count). The van der Waals surface area contributed by atoms with E-state index in [9.17, 15) is 19.2 Å². The van der Waals surface area contributed by atoms with Gasteiger partial charge in [0.25, 0.3) is 5.91 Å². The van der Waals surface area contributed by atoms with Crippen LogP contribution in [-0.2, 0) is 4.79 Å². The van der Waals surface area contributed by atoms with Gasteiger partial charge in [-0.15, -0.1) is 0 Å². The molecule has 0 heterocycles. The number of Topliss-reactive ketones (excluding diaryl/α,β-unsaturated/α-hetero) is 1. The maximum atomic E-state index is 13.7. The predicted molar refractivity (Wildman–Crippen MR) is 153 cm³/mol. The predicted octanol–water partition coefficient (Wildman–Crippen LogP) is 6.10. The standard InChI is InChI=1S/C33H33NO6/c1-40-28-17-15-25(16-18-28)30(35)21-29(24-9-7-23(8-10-24)22-5-3-2-4-6-22)32(38)26-11-13-27(14-12-26)33(39)34-20-19-31(36)37/h7-18,21-22H,2-6,19-20H2,1H3,(H,34,39)(H,36,37). The SMILES string of the molecule is COc1ccc(C(=O)C=C(C(=O)c2ccc(C(=O)NCCC(=O)O)cc2)c2ccc(C3CCCCC3)cc2)cc1. The maximum absolute atomic E-state index is 13.7. The first-order valence-corrected chi connectivity index (χ1v) is 13.5. The Morgan fingerprint density at radius 1 is 0.800 bits per heavy atom. The molecule has 1 saturated carbocycles. The topological polar surface area (TPSA) is 110 Å². The monoisotopic (exact) mass is 539 g/mol. The number of aliphatic carboxylic acids is 1. The van der Waals surface area contributed by atoms with Crippen molar-refractivity contribution in [2.45, 2.75) is 44.4 Å². The van der Waals surface area contributed by atoms with Crippen molar-refractivity contribution in [3.8, 4) is 5.75 Å². The first kappa shape index (κ1) is 28.5. The molecular formula is C33H33NO6. The third-order valence-corrected chi connectivity index (χ3v) is 7.23. The molecule has 0 aromatic heterocycles. The average Bonchev–Trinajstić information content (AvgIpc) is 3.00. The lowest BCUT2D eigenvalue weighted by Crippen LogP contribution is -2.26. The molecule has 0 aliphatic heterocycles. The van der Waals surface area contributed by atoms with Gasteiger partial charge >= 0.3 is 5.97 Å². The zero-order valence-corrected chi connectivity index (χ0v) is 22.5. The van der Waals surface area contributed by atoms with Crippen molar-refractivity contribution >= 4 is 29.0 Å². The molecule has 7 heteroatoms. The van der Waals surface area contributed by atoms with Crippen LogP contribution in [0.3, 0.4) is 0 Å². The van der Waals surface area contributed by atoms with Gasteiger partial charge in [0.1, 0.15) is 5.75 Å². The molecule has 0 atom stereocenters. The van der Waals surface area contributed by atoms with Crippen LogP contribution >= 0.6 is 0 Å². The number of allylic oxidation sites excluding steroid dienone is 2. The molecule has 206 valence electrons. The summed E-state index contributed by atoms with van der Waals surface area (Å²) in [7, 11) is 1.55. The second-order valence-corrected chi connectivity index (χ2v) is 9.91. The number of amides is 1. The number of carboxylic acids is 1. The fraction of sp³-hybridized carbons (Fsp3) is 0.273. The van der Waals surface area contributed by atoms with E-state index in [-0.39, 0.29) is 30.1 Å². The van der Waals surface area contributed by atoms with Crippen molar-refractivity contribution < 1.29 is 29.0 Å². The second kappa shape index (κ2) is 13.5. The Hall–Kier alpha value is -4.52. The van der Waals surface area contributed by atoms with Crippen LogP contribution < -0.4 is 10.1 Å². The fourth-order valence-electron chi connectivity index (χ4n) is 4.93. The van der Waals surface area contributed by atoms with E-state index >= 15 is 0 Å². The minimum atomic E-state index is -1.00. The molecule has 0 saturated heterocycles. The van der Waals surface area contributed by atoms with Gasteiger partial charge in [0.05, 0.1) is 13.5 Å². The van der Waals surface area contributed by atoms with Gasteiger partial charge in [0.15, 0.2) is 11.6 Å². The normalized spacial score (nSPS) is 13.9. The number of methoxy groups -OCH3 is 1. The number of nitrogens with one attached hydrogen (secondary N) is 1. The number of hydrogen-bond donors (Lipinski definition) is 2. The Balaban J connectivity index is 1.61. The highest BCUT2D eigenvalue weighted by atomic mass is 16.5. The van der Waals surface area contributed by atoms with Crippen LogP contribution in [0.4, 0.5) is 0 Å². The summed E-state index contributed by atoms with van der Waals surface area (Å²) >= 11 is 0. The molecule has 40 heavy (non-hydrogen) atoms. The Labute approximate surface area is 233 Å². The van der Waals surface area contributed by atoms with E-state index in [2.05, 4.69) is 17.4 Å². The van der Waals surface area contributed by atoms with Crippen LogP contribution in [-0.4, -0.2) is 42.2 Å². The van der Waals surface area contributed by atoms with E-state index in [1.165, 1.54) is 55.2 Å². The van der Waals surface area contributed by atoms with Gasteiger partial charge < -0.3 is 15.2 Å². The molecule has 0 spiro atoms. The van der Waals surface area contributed by atoms with Crippen LogP contribution in [0, 0.1) is 0 Å². The highest BCUT2D eigenvalue weighted by Gasteiger charge is 2.20. The smallest absolute Gasteiger partial charge is 0.305 e. The lowest BCUT2D eigenvalue weighted by molar-refractivity contribution is -0.136. The van der Waals surface area contributed by atoms with Crippen LogP contribution in [0.15, 0.2) is 78.9 Å². The van der Waals surface area contributed by atoms with E-state index in [1.54, 1.807) is 31.4 Å². The van der Waals surface area contributed by atoms with Crippen molar-refractivity contribution in [1.82, 2.24) is 5.32 Å². The maximum Gasteiger partial charge on any atom is 0.305 e. The van der Waals surface area contributed by atoms with E-state index in [1.807, 2.05) is 12.1 Å². The van der Waals surface area contributed by atoms with E-state index < -0.39 is 11.9 Å². The van der Waals surface area contributed by atoms with Gasteiger partial charge in [0.2, 0.25) is 0 Å². The summed E-state index contributed by atoms with van der Waals surface area (Å²) in [6.45, 7) is 0.00601. The lowest BCUT2D eigenvalue weighted by Gasteiger charge is -2.22. The van der Waals surface area contributed by atoms with Crippen molar-refractivity contribution in [2.75, 3.05) is 13.7 Å². The number of carbonyl (C=O) groups excluding carboxylic acids is 3. The summed E-state index contributed by atoms with van der Waals surface area (Å²) in [5.74, 6) is -0.939. The molecule has 1 aliphatic carbocycles. The molecule has 0 bridgehead atoms. The van der Waals surface area contributed by atoms with Gasteiger partial charge in [-0.1, -0.05) is 55.7 Å². The van der Waals surface area contributed by atoms with E-state index in [4.69, 9.17) is 9.84 Å². The van der Waals surface area contributed by atoms with Crippen LogP contribution in [0.1, 0.15) is 86.6 Å². The zero-order valence-electron chi connectivity index (χ0n) is 22.5. The minimum absolute atomic E-state index is 0.00601. The number of carboxylic acid groups (broad SMARTS) is 1. The van der Waals surface area contributed by atoms with Crippen molar-refractivity contribution in [3.63, 3.8) is 0 Å². The van der Waals surface area contributed by atoms with E-state index in [0.717, 1.165) is 12.8 Å². The molecule has 3 aromatic carbocycles. The molecule has 1 aliphatic rings. The first-order chi connectivity index (χ1) is 19.4. The highest BCUT2D eigenvalue weighted by Crippen LogP contribution is 2.33. The number of carbonyl (C=O) groups is 4. The Kier molecular flexibility index (Phi) is 9.62. The van der Waals surface area contributed by atoms with Crippen molar-refractivity contribution in [2.24, 2.45) is 0 Å². The number of hydrogen-bond acceptors (Lipinski definition) is 5. The van der Waals surface area contributed by atoms with Crippen LogP contribution in [0.2, 0.25) is 0 Å². The van der Waals surface area contributed by atoms with Gasteiger partial charge in [-0.25, -0.2) is 0 Å². The molecule has 3 aromatic rings. The first-order valence-electron chi connectivity index (χ1n) is 13.5. The third-order valence-electron chi connectivity index (χ3n) is 7.23. The summed E-state index contributed by atoms with van der Waals surface area (Å²) in [5, 5.41) is 11.3. The molecule has 1 amide bonds. The van der Waals surface area contributed by atoms with Gasteiger partial charge in [-0.05, 0) is 72.4 Å². The number of ketones is 2. The molecule has 1 fully saturated rings. The number of benzene rings is 3. The summed E-state index contributed by atoms with van der Waals surface area (Å²) in [6, 6.07) is 20.7. The van der Waals surface area contributed by atoms with Crippen LogP contribution in [0.25, 0.3) is 5.57 Å². The van der Waals surface area contributed by atoms with Crippen molar-refractivity contribution in [3.05, 3.63) is 107 Å². The van der Waals surface area contributed by atoms with Crippen LogP contribution in [0.5, 0.6) is 5.75 Å². The molecule has 2 N–H and O–H groups in total. The highest BCUT2D eigenvalue weighted by molar-refractivity contribution is 6.32. The number of ether oxygens (including phenoxy) is 1. The minimum Gasteiger partial charge on any atom is -0.497 e. The summed E-state index contributed by atoms with van der Waals surface area (Å²) in [6.07, 6.45) is 7.22. The Morgan fingerprint density at radius 2 is 1.38 bits per heavy atom. The summed E-state index contributed by atoms with van der Waals surface area (Å²) in [5.41, 5.74) is 3.20. The molecule has 0 unspecified atom stereocenters. The summed E-state index contributed by atoms with van der Waals surface area (Å²) < 4.78 is 5.18. The largest absolute Gasteiger partial charge is 0.497 e. The quantitative estimate of drug-likeness (QED) is 0.225.